The van der Waals surface area contributed by atoms with E-state index in [2.05, 4.69) is 9.75 Å². The van der Waals surface area contributed by atoms with Gasteiger partial charge in [0, 0.05) is 6.07 Å². The van der Waals surface area contributed by atoms with Crippen LogP contribution in [0.4, 0.5) is 5.69 Å². The molecule has 1 rings (SSSR count). The van der Waals surface area contributed by atoms with Gasteiger partial charge in [0.1, 0.15) is 11.3 Å². The van der Waals surface area contributed by atoms with Gasteiger partial charge in [-0.25, -0.2) is 4.79 Å². The molecule has 2 N–H and O–H groups in total. The summed E-state index contributed by atoms with van der Waals surface area (Å²) in [6.07, 6.45) is 0. The number of nitrogens with zero attached hydrogens (tertiary/aromatic N) is 2. The summed E-state index contributed by atoms with van der Waals surface area (Å²) in [5, 5.41) is 21.1. The molecule has 68 valence electrons. The van der Waals surface area contributed by atoms with Gasteiger partial charge >= 0.3 is 5.97 Å². The summed E-state index contributed by atoms with van der Waals surface area (Å²) in [6, 6.07) is 3.77. The number of benzene rings is 1. The number of aromatic hydroxyl groups is 1. The maximum atomic E-state index is 10.5. The first-order valence-corrected chi connectivity index (χ1v) is 3.57. The van der Waals surface area contributed by atoms with Gasteiger partial charge in [0.2, 0.25) is 0 Å². The van der Waals surface area contributed by atoms with Crippen LogP contribution in [-0.2, 0) is 0 Å². The molecule has 0 fully saturated rings. The number of hydrogen-bond acceptors (Lipinski definition) is 4. The highest BCUT2D eigenvalue weighted by molar-refractivity contribution is 6.14. The molecule has 0 aliphatic heterocycles. The van der Waals surface area contributed by atoms with Crippen molar-refractivity contribution in [1.29, 1.82) is 0 Å². The highest BCUT2D eigenvalue weighted by Crippen LogP contribution is 2.24. The molecule has 0 amide bonds. The Morgan fingerprint density at radius 2 is 2.15 bits per heavy atom. The summed E-state index contributed by atoms with van der Waals surface area (Å²) in [7, 11) is 0. The molecule has 0 heterocycles. The number of halogens is 1. The number of carboxylic acids is 1. The van der Waals surface area contributed by atoms with E-state index in [1.807, 2.05) is 0 Å². The molecule has 0 spiro atoms. The number of carbonyl (C=O) groups is 1. The Morgan fingerprint density at radius 1 is 1.46 bits per heavy atom. The lowest BCUT2D eigenvalue weighted by Gasteiger charge is -1.98. The smallest absolute Gasteiger partial charge is 0.339 e. The molecular weight excluding hydrogens is 196 g/mol. The van der Waals surface area contributed by atoms with Crippen LogP contribution in [0.1, 0.15) is 10.4 Å². The van der Waals surface area contributed by atoms with E-state index in [1.165, 1.54) is 12.1 Å². The Bertz CT molecular complexity index is 365. The molecule has 5 nitrogen and oxygen atoms in total. The van der Waals surface area contributed by atoms with E-state index < -0.39 is 5.97 Å². The van der Waals surface area contributed by atoms with Crippen LogP contribution < -0.4 is 0 Å². The predicted octanol–water partition coefficient (Wildman–Crippen LogP) is 2.33. The van der Waals surface area contributed by atoms with E-state index >= 15 is 0 Å². The third-order valence-corrected chi connectivity index (χ3v) is 1.44. The van der Waals surface area contributed by atoms with E-state index in [9.17, 15) is 4.79 Å². The number of phenols is 1. The second kappa shape index (κ2) is 3.86. The first kappa shape index (κ1) is 9.47. The highest BCUT2D eigenvalue weighted by atomic mass is 35.5. The van der Waals surface area contributed by atoms with E-state index in [0.29, 0.717) is 0 Å². The minimum Gasteiger partial charge on any atom is -0.507 e. The molecule has 0 radical (unpaired) electrons. The number of rotatable bonds is 2. The zero-order chi connectivity index (χ0) is 9.84. The summed E-state index contributed by atoms with van der Waals surface area (Å²) in [6.45, 7) is 0. The van der Waals surface area contributed by atoms with E-state index in [-0.39, 0.29) is 17.0 Å². The van der Waals surface area contributed by atoms with Crippen LogP contribution >= 0.6 is 11.8 Å². The average molecular weight is 201 g/mol. The lowest BCUT2D eigenvalue weighted by Crippen LogP contribution is -1.95. The fourth-order valence-corrected chi connectivity index (χ4v) is 0.894. The minimum atomic E-state index is -1.20. The third kappa shape index (κ3) is 2.16. The summed E-state index contributed by atoms with van der Waals surface area (Å²) < 4.78 is 2.96. The zero-order valence-corrected chi connectivity index (χ0v) is 7.06. The second-order valence-corrected chi connectivity index (χ2v) is 2.33. The molecule has 0 atom stereocenters. The SMILES string of the molecule is O=C(O)c1ccc(N=NCl)cc1O. The van der Waals surface area contributed by atoms with Crippen molar-refractivity contribution in [2.24, 2.45) is 9.75 Å². The topological polar surface area (TPSA) is 82.2 Å². The largest absolute Gasteiger partial charge is 0.507 e. The summed E-state index contributed by atoms with van der Waals surface area (Å²) in [5.74, 6) is -1.57. The maximum absolute atomic E-state index is 10.5. The van der Waals surface area contributed by atoms with Gasteiger partial charge in [-0.1, -0.05) is 4.63 Å². The highest BCUT2D eigenvalue weighted by Gasteiger charge is 2.08. The standard InChI is InChI=1S/C7H5ClN2O3/c8-10-9-4-1-2-5(7(12)13)6(11)3-4/h1-3,11H,(H,12,13). The van der Waals surface area contributed by atoms with Crippen molar-refractivity contribution in [3.8, 4) is 5.75 Å². The van der Waals surface area contributed by atoms with E-state index in [0.717, 1.165) is 6.07 Å². The lowest BCUT2D eigenvalue weighted by atomic mass is 10.2. The molecule has 1 aromatic carbocycles. The first-order valence-electron chi connectivity index (χ1n) is 3.23. The van der Waals surface area contributed by atoms with Crippen molar-refractivity contribution in [2.45, 2.75) is 0 Å². The van der Waals surface area contributed by atoms with E-state index in [1.54, 1.807) is 0 Å². The van der Waals surface area contributed by atoms with Crippen molar-refractivity contribution < 1.29 is 15.0 Å². The Hall–Kier alpha value is -1.62. The van der Waals surface area contributed by atoms with Gasteiger partial charge < -0.3 is 10.2 Å². The van der Waals surface area contributed by atoms with Crippen LogP contribution in [0.3, 0.4) is 0 Å². The third-order valence-electron chi connectivity index (χ3n) is 1.36. The molecule has 0 aromatic heterocycles. The average Bonchev–Trinajstić information content (AvgIpc) is 2.04. The molecule has 13 heavy (non-hydrogen) atoms. The Morgan fingerprint density at radius 3 is 2.62 bits per heavy atom. The van der Waals surface area contributed by atoms with Gasteiger partial charge in [0.05, 0.1) is 17.5 Å². The lowest BCUT2D eigenvalue weighted by molar-refractivity contribution is 0.0694. The normalized spacial score (nSPS) is 10.5. The van der Waals surface area contributed by atoms with Crippen LogP contribution in [0, 0.1) is 0 Å². The fourth-order valence-electron chi connectivity index (χ4n) is 0.807. The molecule has 0 bridgehead atoms. The summed E-state index contributed by atoms with van der Waals surface area (Å²) >= 11 is 4.95. The van der Waals surface area contributed by atoms with E-state index in [4.69, 9.17) is 22.0 Å². The van der Waals surface area contributed by atoms with Gasteiger partial charge in [-0.15, -0.1) is 5.11 Å². The molecule has 0 aliphatic carbocycles. The molecule has 0 saturated heterocycles. The Kier molecular flexibility index (Phi) is 2.81. The second-order valence-electron chi connectivity index (χ2n) is 2.18. The van der Waals surface area contributed by atoms with Gasteiger partial charge in [-0.05, 0) is 12.1 Å². The van der Waals surface area contributed by atoms with Gasteiger partial charge in [-0.3, -0.25) is 0 Å². The molecular formula is C7H5ClN2O3. The summed E-state index contributed by atoms with van der Waals surface area (Å²) in [5.41, 5.74) is 0.103. The van der Waals surface area contributed by atoms with Crippen LogP contribution in [-0.4, -0.2) is 16.2 Å². The van der Waals surface area contributed by atoms with Gasteiger partial charge in [0.25, 0.3) is 0 Å². The number of carboxylic acid groups (broad SMARTS) is 1. The summed E-state index contributed by atoms with van der Waals surface area (Å²) in [4.78, 5) is 10.5. The van der Waals surface area contributed by atoms with Crippen molar-refractivity contribution in [3.05, 3.63) is 23.8 Å². The zero-order valence-electron chi connectivity index (χ0n) is 6.31. The van der Waals surface area contributed by atoms with Crippen molar-refractivity contribution in [2.75, 3.05) is 0 Å². The van der Waals surface area contributed by atoms with Gasteiger partial charge in [0.15, 0.2) is 0 Å². The number of hydrogen-bond donors (Lipinski definition) is 2. The maximum Gasteiger partial charge on any atom is 0.339 e. The van der Waals surface area contributed by atoms with Gasteiger partial charge in [-0.2, -0.15) is 0 Å². The van der Waals surface area contributed by atoms with Crippen molar-refractivity contribution in [3.63, 3.8) is 0 Å². The Balaban J connectivity index is 3.12. The number of aromatic carboxylic acids is 1. The fraction of sp³-hybridized carbons (Fsp3) is 0. The quantitative estimate of drug-likeness (QED) is 0.719. The first-order chi connectivity index (χ1) is 6.15. The monoisotopic (exact) mass is 200 g/mol. The minimum absolute atomic E-state index is 0.187. The van der Waals surface area contributed by atoms with Crippen LogP contribution in [0.25, 0.3) is 0 Å². The molecule has 0 saturated carbocycles. The molecule has 0 unspecified atom stereocenters. The van der Waals surface area contributed by atoms with Crippen molar-refractivity contribution in [1.82, 2.24) is 0 Å². The molecule has 0 aliphatic rings. The predicted molar refractivity (Wildman–Crippen MR) is 45.4 cm³/mol. The van der Waals surface area contributed by atoms with Crippen molar-refractivity contribution >= 4 is 23.4 Å². The Labute approximate surface area is 78.4 Å². The van der Waals surface area contributed by atoms with Crippen LogP contribution in [0.2, 0.25) is 0 Å². The van der Waals surface area contributed by atoms with Crippen LogP contribution in [0.5, 0.6) is 5.75 Å². The van der Waals surface area contributed by atoms with Crippen LogP contribution in [0.15, 0.2) is 27.9 Å². The molecule has 1 aromatic rings. The molecule has 6 heteroatoms.